The first kappa shape index (κ1) is 16.6. The Morgan fingerprint density at radius 3 is 2.73 bits per heavy atom. The molecule has 1 aliphatic heterocycles. The molecule has 2 N–H and O–H groups in total. The van der Waals surface area contributed by atoms with Crippen molar-refractivity contribution >= 4 is 17.4 Å². The molecule has 0 atom stereocenters. The number of fused-ring (bicyclic) bond motifs is 1. The van der Waals surface area contributed by atoms with Gasteiger partial charge in [-0.25, -0.2) is 9.97 Å². The first-order valence-corrected chi connectivity index (χ1v) is 9.00. The van der Waals surface area contributed by atoms with Crippen LogP contribution in [0.3, 0.4) is 0 Å². The minimum atomic E-state index is -0.277. The van der Waals surface area contributed by atoms with E-state index in [-0.39, 0.29) is 12.7 Å². The second-order valence-corrected chi connectivity index (χ2v) is 6.69. The quantitative estimate of drug-likeness (QED) is 0.874. The van der Waals surface area contributed by atoms with Gasteiger partial charge in [-0.2, -0.15) is 0 Å². The van der Waals surface area contributed by atoms with Gasteiger partial charge in [0.25, 0.3) is 5.91 Å². The van der Waals surface area contributed by atoms with Crippen molar-refractivity contribution in [1.82, 2.24) is 9.97 Å². The standard InChI is InChI=1S/C19H22N4O3/c1-12-20-15(10-18(21-12)22-13-5-3-2-4-6-13)19(24)23-14-7-8-16-17(9-14)26-11-25-16/h7-10,13H,2-6,11H2,1H3,(H,23,24)(H,20,21,22). The van der Waals surface area contributed by atoms with Gasteiger partial charge in [-0.05, 0) is 31.9 Å². The van der Waals surface area contributed by atoms with Crippen LogP contribution in [0.1, 0.15) is 48.4 Å². The Morgan fingerprint density at radius 1 is 1.08 bits per heavy atom. The first-order valence-electron chi connectivity index (χ1n) is 9.00. The number of benzene rings is 1. The zero-order valence-corrected chi connectivity index (χ0v) is 14.7. The third-order valence-corrected chi connectivity index (χ3v) is 4.66. The van der Waals surface area contributed by atoms with Gasteiger partial charge in [0.05, 0.1) is 0 Å². The Balaban J connectivity index is 1.48. The molecular weight excluding hydrogens is 332 g/mol. The van der Waals surface area contributed by atoms with Crippen molar-refractivity contribution in [3.8, 4) is 11.5 Å². The van der Waals surface area contributed by atoms with Crippen molar-refractivity contribution in [2.24, 2.45) is 0 Å². The van der Waals surface area contributed by atoms with Gasteiger partial charge in [0.15, 0.2) is 11.5 Å². The molecule has 1 aliphatic carbocycles. The number of hydrogen-bond acceptors (Lipinski definition) is 6. The number of aromatic nitrogens is 2. The highest BCUT2D eigenvalue weighted by Crippen LogP contribution is 2.34. The average molecular weight is 354 g/mol. The van der Waals surface area contributed by atoms with Crippen molar-refractivity contribution in [2.45, 2.75) is 45.1 Å². The zero-order valence-electron chi connectivity index (χ0n) is 14.7. The molecular formula is C19H22N4O3. The van der Waals surface area contributed by atoms with Crippen LogP contribution in [0.2, 0.25) is 0 Å². The number of ether oxygens (including phenoxy) is 2. The fourth-order valence-corrected chi connectivity index (χ4v) is 3.38. The summed E-state index contributed by atoms with van der Waals surface area (Å²) < 4.78 is 10.6. The van der Waals surface area contributed by atoms with E-state index in [0.717, 1.165) is 12.8 Å². The van der Waals surface area contributed by atoms with E-state index in [4.69, 9.17) is 9.47 Å². The number of hydrogen-bond donors (Lipinski definition) is 2. The van der Waals surface area contributed by atoms with Crippen LogP contribution in [-0.2, 0) is 0 Å². The lowest BCUT2D eigenvalue weighted by Crippen LogP contribution is -2.24. The molecule has 1 fully saturated rings. The smallest absolute Gasteiger partial charge is 0.274 e. The van der Waals surface area contributed by atoms with Crippen molar-refractivity contribution in [3.63, 3.8) is 0 Å². The highest BCUT2D eigenvalue weighted by atomic mass is 16.7. The molecule has 7 heteroatoms. The van der Waals surface area contributed by atoms with Gasteiger partial charge in [0.2, 0.25) is 6.79 Å². The largest absolute Gasteiger partial charge is 0.454 e. The number of amides is 1. The van der Waals surface area contributed by atoms with E-state index in [1.54, 1.807) is 31.2 Å². The van der Waals surface area contributed by atoms with Crippen LogP contribution in [0, 0.1) is 6.92 Å². The van der Waals surface area contributed by atoms with E-state index in [2.05, 4.69) is 20.6 Å². The van der Waals surface area contributed by atoms with Gasteiger partial charge in [-0.3, -0.25) is 4.79 Å². The van der Waals surface area contributed by atoms with Crippen molar-refractivity contribution < 1.29 is 14.3 Å². The third kappa shape index (κ3) is 3.71. The number of carbonyl (C=O) groups is 1. The highest BCUT2D eigenvalue weighted by molar-refractivity contribution is 6.03. The van der Waals surface area contributed by atoms with Crippen molar-refractivity contribution in [1.29, 1.82) is 0 Å². The van der Waals surface area contributed by atoms with Crippen molar-refractivity contribution in [3.05, 3.63) is 35.8 Å². The predicted molar refractivity (Wildman–Crippen MR) is 97.8 cm³/mol. The van der Waals surface area contributed by atoms with Crippen LogP contribution >= 0.6 is 0 Å². The van der Waals surface area contributed by atoms with Gasteiger partial charge in [-0.1, -0.05) is 19.3 Å². The highest BCUT2D eigenvalue weighted by Gasteiger charge is 2.18. The van der Waals surface area contributed by atoms with Crippen LogP contribution in [-0.4, -0.2) is 28.7 Å². The maximum absolute atomic E-state index is 12.6. The predicted octanol–water partition coefficient (Wildman–Crippen LogP) is 3.51. The molecule has 0 saturated heterocycles. The van der Waals surface area contributed by atoms with E-state index in [9.17, 15) is 4.79 Å². The van der Waals surface area contributed by atoms with Gasteiger partial charge < -0.3 is 20.1 Å². The summed E-state index contributed by atoms with van der Waals surface area (Å²) in [5.41, 5.74) is 0.978. The number of nitrogens with zero attached hydrogens (tertiary/aromatic N) is 2. The molecule has 4 rings (SSSR count). The average Bonchev–Trinajstić information content (AvgIpc) is 3.10. The molecule has 1 amide bonds. The van der Waals surface area contributed by atoms with E-state index in [0.29, 0.717) is 40.6 Å². The van der Waals surface area contributed by atoms with Crippen LogP contribution in [0.4, 0.5) is 11.5 Å². The summed E-state index contributed by atoms with van der Waals surface area (Å²) in [4.78, 5) is 21.3. The number of nitrogens with one attached hydrogen (secondary N) is 2. The van der Waals surface area contributed by atoms with Gasteiger partial charge in [0.1, 0.15) is 17.3 Å². The molecule has 1 aromatic heterocycles. The summed E-state index contributed by atoms with van der Waals surface area (Å²) in [6.07, 6.45) is 6.05. The maximum Gasteiger partial charge on any atom is 0.274 e. The molecule has 7 nitrogen and oxygen atoms in total. The zero-order chi connectivity index (χ0) is 17.9. The fraction of sp³-hybridized carbons (Fsp3) is 0.421. The minimum absolute atomic E-state index is 0.202. The lowest BCUT2D eigenvalue weighted by Gasteiger charge is -2.23. The van der Waals surface area contributed by atoms with Gasteiger partial charge >= 0.3 is 0 Å². The third-order valence-electron chi connectivity index (χ3n) is 4.66. The van der Waals surface area contributed by atoms with Crippen molar-refractivity contribution in [2.75, 3.05) is 17.4 Å². The monoisotopic (exact) mass is 354 g/mol. The maximum atomic E-state index is 12.6. The molecule has 0 spiro atoms. The van der Waals surface area contributed by atoms with Crippen LogP contribution in [0.15, 0.2) is 24.3 Å². The normalized spacial score (nSPS) is 16.3. The molecule has 26 heavy (non-hydrogen) atoms. The Kier molecular flexibility index (Phi) is 4.60. The summed E-state index contributed by atoms with van der Waals surface area (Å²) in [7, 11) is 0. The number of anilines is 2. The lowest BCUT2D eigenvalue weighted by atomic mass is 9.95. The number of rotatable bonds is 4. The minimum Gasteiger partial charge on any atom is -0.454 e. The Labute approximate surface area is 152 Å². The van der Waals surface area contributed by atoms with Crippen LogP contribution < -0.4 is 20.1 Å². The molecule has 136 valence electrons. The van der Waals surface area contributed by atoms with E-state index < -0.39 is 0 Å². The summed E-state index contributed by atoms with van der Waals surface area (Å²) in [6.45, 7) is 2.00. The topological polar surface area (TPSA) is 85.4 Å². The number of aryl methyl sites for hydroxylation is 1. The number of carbonyl (C=O) groups excluding carboxylic acids is 1. The summed E-state index contributed by atoms with van der Waals surface area (Å²) in [5.74, 6) is 2.31. The van der Waals surface area contributed by atoms with E-state index >= 15 is 0 Å². The second kappa shape index (κ2) is 7.19. The van der Waals surface area contributed by atoms with Crippen LogP contribution in [0.25, 0.3) is 0 Å². The molecule has 2 heterocycles. The Bertz CT molecular complexity index is 818. The Morgan fingerprint density at radius 2 is 1.88 bits per heavy atom. The summed E-state index contributed by atoms with van der Waals surface area (Å²) >= 11 is 0. The molecule has 2 aromatic rings. The van der Waals surface area contributed by atoms with Crippen LogP contribution in [0.5, 0.6) is 11.5 Å². The molecule has 0 radical (unpaired) electrons. The molecule has 0 bridgehead atoms. The fourth-order valence-electron chi connectivity index (χ4n) is 3.38. The molecule has 1 saturated carbocycles. The molecule has 0 unspecified atom stereocenters. The second-order valence-electron chi connectivity index (χ2n) is 6.69. The molecule has 2 aliphatic rings. The molecule has 1 aromatic carbocycles. The summed E-state index contributed by atoms with van der Waals surface area (Å²) in [6, 6.07) is 7.43. The lowest BCUT2D eigenvalue weighted by molar-refractivity contribution is 0.102. The first-order chi connectivity index (χ1) is 12.7. The summed E-state index contributed by atoms with van der Waals surface area (Å²) in [5, 5.41) is 6.30. The SMILES string of the molecule is Cc1nc(NC2CCCCC2)cc(C(=O)Nc2ccc3c(c2)OCO3)n1. The van der Waals surface area contributed by atoms with E-state index in [1.165, 1.54) is 19.3 Å². The van der Waals surface area contributed by atoms with Gasteiger partial charge in [0, 0.05) is 23.9 Å². The Hall–Kier alpha value is -2.83. The van der Waals surface area contributed by atoms with E-state index in [1.807, 2.05) is 0 Å². The van der Waals surface area contributed by atoms with Gasteiger partial charge in [-0.15, -0.1) is 0 Å².